The lowest BCUT2D eigenvalue weighted by Crippen LogP contribution is -2.67. The van der Waals surface area contributed by atoms with E-state index >= 15 is 0 Å². The Hall–Kier alpha value is -2.20. The molecule has 2 aromatic carbocycles. The molecule has 2 aromatic rings. The molecule has 2 N–H and O–H groups in total. The molecule has 0 fully saturated rings. The Balaban J connectivity index is 0.000000229. The first-order valence-electron chi connectivity index (χ1n) is 9.04. The van der Waals surface area contributed by atoms with Crippen molar-refractivity contribution in [3.63, 3.8) is 0 Å². The van der Waals surface area contributed by atoms with Gasteiger partial charge in [-0.1, -0.05) is 106 Å². The summed E-state index contributed by atoms with van der Waals surface area (Å²) in [5, 5.41) is 2.37. The molecule has 3 heteroatoms. The molecule has 2 nitrogen and oxygen atoms in total. The van der Waals surface area contributed by atoms with Crippen LogP contribution in [-0.2, 0) is 4.53 Å². The summed E-state index contributed by atoms with van der Waals surface area (Å²) in [6, 6.07) is 20.7. The molecular formula is C23H27NOSi. The third-order valence-electron chi connectivity index (χ3n) is 5.02. The highest BCUT2D eigenvalue weighted by Crippen LogP contribution is 2.35. The predicted molar refractivity (Wildman–Crippen MR) is 113 cm³/mol. The van der Waals surface area contributed by atoms with Gasteiger partial charge in [-0.05, 0) is 33.0 Å². The summed E-state index contributed by atoms with van der Waals surface area (Å²) in [6.07, 6.45) is 9.90. The van der Waals surface area contributed by atoms with Crippen molar-refractivity contribution >= 4 is 18.7 Å². The molecule has 4 rings (SSSR count). The lowest BCUT2D eigenvalue weighted by Gasteiger charge is -2.40. The van der Waals surface area contributed by atoms with E-state index in [9.17, 15) is 0 Å². The fraction of sp³-hybridized carbons (Fsp3) is 0.217. The minimum absolute atomic E-state index is 0.0372. The zero-order valence-electron chi connectivity index (χ0n) is 15.8. The third kappa shape index (κ3) is 3.51. The van der Waals surface area contributed by atoms with Gasteiger partial charge in [0, 0.05) is 0 Å². The van der Waals surface area contributed by atoms with Crippen molar-refractivity contribution in [1.29, 1.82) is 0 Å². The second-order valence-electron chi connectivity index (χ2n) is 7.77. The van der Waals surface area contributed by atoms with Gasteiger partial charge in [-0.2, -0.15) is 0 Å². The number of benzene rings is 2. The average molecular weight is 362 g/mol. The van der Waals surface area contributed by atoms with Crippen LogP contribution in [0.15, 0.2) is 96.1 Å². The van der Waals surface area contributed by atoms with Gasteiger partial charge in [-0.15, -0.1) is 0 Å². The van der Waals surface area contributed by atoms with Gasteiger partial charge in [0.1, 0.15) is 0 Å². The maximum absolute atomic E-state index is 5.82. The SMILES string of the molecule is C1=CC2=CC=C1C2.CC(C)(C)[Si](ON)(c1ccccc1)c1ccccc1. The topological polar surface area (TPSA) is 35.2 Å². The van der Waals surface area contributed by atoms with Crippen LogP contribution in [0.1, 0.15) is 27.2 Å². The van der Waals surface area contributed by atoms with Crippen molar-refractivity contribution < 1.29 is 4.53 Å². The summed E-state index contributed by atoms with van der Waals surface area (Å²) in [5.74, 6) is 5.82. The normalized spacial score (nSPS) is 15.2. The molecule has 0 unspecified atom stereocenters. The van der Waals surface area contributed by atoms with E-state index in [0.29, 0.717) is 0 Å². The van der Waals surface area contributed by atoms with Gasteiger partial charge in [0.25, 0.3) is 8.32 Å². The molecule has 0 saturated heterocycles. The number of allylic oxidation sites excluding steroid dienone is 6. The van der Waals surface area contributed by atoms with Crippen molar-refractivity contribution in [2.75, 3.05) is 0 Å². The zero-order valence-corrected chi connectivity index (χ0v) is 16.8. The first-order chi connectivity index (χ1) is 12.5. The minimum Gasteiger partial charge on any atom is -0.336 e. The highest BCUT2D eigenvalue weighted by atomic mass is 28.4. The molecule has 0 atom stereocenters. The monoisotopic (exact) mass is 361 g/mol. The molecule has 0 heterocycles. The summed E-state index contributed by atoms with van der Waals surface area (Å²) < 4.78 is 5.71. The van der Waals surface area contributed by atoms with Crippen LogP contribution in [0.3, 0.4) is 0 Å². The Morgan fingerprint density at radius 3 is 1.42 bits per heavy atom. The van der Waals surface area contributed by atoms with E-state index in [1.807, 2.05) is 36.4 Å². The molecule has 0 aliphatic heterocycles. The van der Waals surface area contributed by atoms with E-state index in [1.165, 1.54) is 27.9 Å². The molecule has 2 aliphatic rings. The van der Waals surface area contributed by atoms with E-state index in [2.05, 4.69) is 69.3 Å². The Labute approximate surface area is 157 Å². The van der Waals surface area contributed by atoms with Crippen LogP contribution in [0.2, 0.25) is 5.04 Å². The van der Waals surface area contributed by atoms with Crippen molar-refractivity contribution in [1.82, 2.24) is 0 Å². The Morgan fingerprint density at radius 1 is 0.769 bits per heavy atom. The van der Waals surface area contributed by atoms with Crippen molar-refractivity contribution in [2.24, 2.45) is 5.90 Å². The highest BCUT2D eigenvalue weighted by molar-refractivity contribution is 6.99. The summed E-state index contributed by atoms with van der Waals surface area (Å²) in [7, 11) is -2.45. The maximum atomic E-state index is 5.82. The Bertz CT molecular complexity index is 770. The molecule has 2 bridgehead atoms. The Kier molecular flexibility index (Phi) is 5.42. The van der Waals surface area contributed by atoms with Gasteiger partial charge in [-0.3, -0.25) is 0 Å². The van der Waals surface area contributed by atoms with Gasteiger partial charge in [0.15, 0.2) is 0 Å². The summed E-state index contributed by atoms with van der Waals surface area (Å²) >= 11 is 0. The third-order valence-corrected chi connectivity index (χ3v) is 9.78. The summed E-state index contributed by atoms with van der Waals surface area (Å²) in [5.41, 5.74) is 2.94. The van der Waals surface area contributed by atoms with Gasteiger partial charge < -0.3 is 4.53 Å². The van der Waals surface area contributed by atoms with Crippen LogP contribution in [0.25, 0.3) is 0 Å². The molecule has 26 heavy (non-hydrogen) atoms. The molecule has 0 amide bonds. The van der Waals surface area contributed by atoms with Gasteiger partial charge in [0.05, 0.1) is 0 Å². The van der Waals surface area contributed by atoms with E-state index < -0.39 is 8.32 Å². The van der Waals surface area contributed by atoms with Crippen LogP contribution in [0.4, 0.5) is 0 Å². The molecule has 0 radical (unpaired) electrons. The van der Waals surface area contributed by atoms with Gasteiger partial charge in [0.2, 0.25) is 0 Å². The summed E-state index contributed by atoms with van der Waals surface area (Å²) in [4.78, 5) is 0. The first kappa shape index (κ1) is 18.6. The molecule has 0 aromatic heterocycles. The predicted octanol–water partition coefficient (Wildman–Crippen LogP) is 4.25. The lowest BCUT2D eigenvalue weighted by molar-refractivity contribution is 0.312. The van der Waals surface area contributed by atoms with E-state index in [0.717, 1.165) is 0 Å². The zero-order chi connectivity index (χ0) is 18.6. The van der Waals surface area contributed by atoms with Crippen molar-refractivity contribution in [2.45, 2.75) is 32.2 Å². The first-order valence-corrected chi connectivity index (χ1v) is 10.9. The molecule has 134 valence electrons. The number of nitrogens with two attached hydrogens (primary N) is 1. The van der Waals surface area contributed by atoms with Crippen LogP contribution in [0.5, 0.6) is 0 Å². The second kappa shape index (κ2) is 7.58. The quantitative estimate of drug-likeness (QED) is 0.655. The lowest BCUT2D eigenvalue weighted by atomic mass is 10.2. The van der Waals surface area contributed by atoms with Crippen molar-refractivity contribution in [3.8, 4) is 0 Å². The number of fused-ring (bicyclic) bond motifs is 2. The Morgan fingerprint density at radius 2 is 1.19 bits per heavy atom. The van der Waals surface area contributed by atoms with E-state index in [-0.39, 0.29) is 5.04 Å². The fourth-order valence-corrected chi connectivity index (χ4v) is 7.72. The molecular weight excluding hydrogens is 334 g/mol. The smallest absolute Gasteiger partial charge is 0.286 e. The van der Waals surface area contributed by atoms with Crippen LogP contribution in [0, 0.1) is 0 Å². The van der Waals surface area contributed by atoms with Crippen LogP contribution < -0.4 is 16.3 Å². The number of hydrogen-bond acceptors (Lipinski definition) is 2. The molecule has 2 aliphatic carbocycles. The van der Waals surface area contributed by atoms with E-state index in [4.69, 9.17) is 10.4 Å². The molecule has 0 spiro atoms. The fourth-order valence-electron chi connectivity index (χ4n) is 3.70. The second-order valence-corrected chi connectivity index (χ2v) is 12.0. The summed E-state index contributed by atoms with van der Waals surface area (Å²) in [6.45, 7) is 6.60. The van der Waals surface area contributed by atoms with Gasteiger partial charge in [-0.25, -0.2) is 5.90 Å². The maximum Gasteiger partial charge on any atom is 0.286 e. The minimum atomic E-state index is -2.45. The largest absolute Gasteiger partial charge is 0.336 e. The van der Waals surface area contributed by atoms with Gasteiger partial charge >= 0.3 is 0 Å². The van der Waals surface area contributed by atoms with E-state index in [1.54, 1.807) is 0 Å². The highest BCUT2D eigenvalue weighted by Gasteiger charge is 2.50. The van der Waals surface area contributed by atoms with Crippen LogP contribution >= 0.6 is 0 Å². The number of rotatable bonds is 3. The van der Waals surface area contributed by atoms with Crippen molar-refractivity contribution in [3.05, 3.63) is 96.1 Å². The average Bonchev–Trinajstić information content (AvgIpc) is 3.30. The number of hydrogen-bond donors (Lipinski definition) is 1. The van der Waals surface area contributed by atoms with Crippen LogP contribution in [-0.4, -0.2) is 8.32 Å². The molecule has 0 saturated carbocycles. The standard InChI is InChI=1S/C16H21NOSi.C7H6/c1-16(2,3)19(18-17,14-10-6-4-7-11-14)15-12-8-5-9-13-15;1-2-7-4-3-6(1)5-7/h4-13H,17H2,1-3H3;1-4H,5H2.